The fourth-order valence-corrected chi connectivity index (χ4v) is 2.84. The first kappa shape index (κ1) is 21.4. The number of carbonyl (C=O) groups excluding carboxylic acids is 1. The molecule has 152 valence electrons. The summed E-state index contributed by atoms with van der Waals surface area (Å²) in [7, 11) is 1.44. The van der Waals surface area contributed by atoms with Crippen molar-refractivity contribution < 1.29 is 24.2 Å². The number of rotatable bonds is 9. The molecule has 2 rings (SSSR count). The second-order valence-corrected chi connectivity index (χ2v) is 7.11. The Morgan fingerprint density at radius 1 is 1.29 bits per heavy atom. The Kier molecular flexibility index (Phi) is 6.74. The van der Waals surface area contributed by atoms with E-state index in [1.54, 1.807) is 18.5 Å². The summed E-state index contributed by atoms with van der Waals surface area (Å²) in [5.74, 6) is -0.813. The lowest BCUT2D eigenvalue weighted by Gasteiger charge is -2.28. The van der Waals surface area contributed by atoms with Crippen LogP contribution in [-0.4, -0.2) is 57.3 Å². The molecule has 0 bridgehead atoms. The van der Waals surface area contributed by atoms with E-state index in [-0.39, 0.29) is 24.8 Å². The van der Waals surface area contributed by atoms with Gasteiger partial charge in [0.25, 0.3) is 5.91 Å². The second kappa shape index (κ2) is 8.83. The van der Waals surface area contributed by atoms with Gasteiger partial charge < -0.3 is 19.9 Å². The molecule has 1 heterocycles. The highest BCUT2D eigenvalue weighted by Gasteiger charge is 2.31. The molecule has 1 aromatic carbocycles. The first-order valence-corrected chi connectivity index (χ1v) is 8.88. The molecule has 0 saturated carbocycles. The largest absolute Gasteiger partial charge is 0.491 e. The van der Waals surface area contributed by atoms with Crippen molar-refractivity contribution in [3.8, 4) is 11.4 Å². The molecule has 0 aliphatic heterocycles. The molecule has 9 heteroatoms. The average molecular weight is 390 g/mol. The van der Waals surface area contributed by atoms with E-state index in [0.717, 1.165) is 11.4 Å². The first-order valence-electron chi connectivity index (χ1n) is 8.88. The van der Waals surface area contributed by atoms with Crippen molar-refractivity contribution in [1.82, 2.24) is 20.3 Å². The minimum Gasteiger partial charge on any atom is -0.491 e. The quantitative estimate of drug-likeness (QED) is 0.672. The Morgan fingerprint density at radius 2 is 1.93 bits per heavy atom. The maximum Gasteiger partial charge on any atom is 0.305 e. The molecule has 1 amide bonds. The molecule has 0 spiro atoms. The van der Waals surface area contributed by atoms with Gasteiger partial charge in [-0.2, -0.15) is 0 Å². The molecule has 9 nitrogen and oxygen atoms in total. The van der Waals surface area contributed by atoms with E-state index >= 15 is 0 Å². The van der Waals surface area contributed by atoms with Crippen LogP contribution in [0.25, 0.3) is 5.69 Å². The highest BCUT2D eigenvalue weighted by atomic mass is 16.5. The van der Waals surface area contributed by atoms with Gasteiger partial charge in [-0.15, -0.1) is 5.10 Å². The standard InChI is InChI=1S/C19H26N4O5/c1-12(2)28-15-8-6-14(7-9-15)23-13(3)17(21-22-23)18(26)20-19(4,11-27-5)10-16(24)25/h6-9,12H,10-11H2,1-5H3,(H,20,26)(H,24,25). The van der Waals surface area contributed by atoms with Gasteiger partial charge in [0.15, 0.2) is 5.69 Å². The molecule has 0 saturated heterocycles. The van der Waals surface area contributed by atoms with Crippen LogP contribution < -0.4 is 10.1 Å². The number of methoxy groups -OCH3 is 1. The van der Waals surface area contributed by atoms with Gasteiger partial charge in [-0.1, -0.05) is 5.21 Å². The fraction of sp³-hybridized carbons (Fsp3) is 0.474. The molecular formula is C19H26N4O5. The number of carbonyl (C=O) groups is 2. The number of carboxylic acids is 1. The van der Waals surface area contributed by atoms with Gasteiger partial charge in [0.05, 0.1) is 36.1 Å². The van der Waals surface area contributed by atoms with E-state index in [9.17, 15) is 9.59 Å². The number of aromatic nitrogens is 3. The van der Waals surface area contributed by atoms with Gasteiger partial charge in [-0.25, -0.2) is 4.68 Å². The van der Waals surface area contributed by atoms with Gasteiger partial charge in [0.1, 0.15) is 5.75 Å². The summed E-state index contributed by atoms with van der Waals surface area (Å²) >= 11 is 0. The lowest BCUT2D eigenvalue weighted by molar-refractivity contribution is -0.139. The number of amides is 1. The van der Waals surface area contributed by atoms with Crippen LogP contribution in [0.15, 0.2) is 24.3 Å². The zero-order valence-corrected chi connectivity index (χ0v) is 16.7. The highest BCUT2D eigenvalue weighted by Crippen LogP contribution is 2.19. The molecular weight excluding hydrogens is 364 g/mol. The van der Waals surface area contributed by atoms with Crippen LogP contribution in [0.1, 0.15) is 43.4 Å². The van der Waals surface area contributed by atoms with E-state index in [0.29, 0.717) is 5.69 Å². The van der Waals surface area contributed by atoms with Gasteiger partial charge in [-0.3, -0.25) is 9.59 Å². The average Bonchev–Trinajstić information content (AvgIpc) is 2.96. The van der Waals surface area contributed by atoms with Crippen LogP contribution in [-0.2, 0) is 9.53 Å². The number of nitrogens with one attached hydrogen (secondary N) is 1. The van der Waals surface area contributed by atoms with E-state index in [2.05, 4.69) is 15.6 Å². The number of hydrogen-bond donors (Lipinski definition) is 2. The van der Waals surface area contributed by atoms with Crippen LogP contribution in [0.5, 0.6) is 5.75 Å². The van der Waals surface area contributed by atoms with Crippen LogP contribution in [0.4, 0.5) is 0 Å². The molecule has 0 aliphatic rings. The summed E-state index contributed by atoms with van der Waals surface area (Å²) in [6, 6.07) is 7.28. The Bertz CT molecular complexity index is 831. The summed E-state index contributed by atoms with van der Waals surface area (Å²) in [6.45, 7) is 7.27. The Balaban J connectivity index is 2.21. The predicted molar refractivity (Wildman–Crippen MR) is 102 cm³/mol. The van der Waals surface area contributed by atoms with Crippen LogP contribution in [0, 0.1) is 6.92 Å². The molecule has 1 atom stereocenters. The molecule has 0 radical (unpaired) electrons. The van der Waals surface area contributed by atoms with Crippen molar-refractivity contribution in [1.29, 1.82) is 0 Å². The SMILES string of the molecule is COCC(C)(CC(=O)O)NC(=O)c1nnn(-c2ccc(OC(C)C)cc2)c1C. The highest BCUT2D eigenvalue weighted by molar-refractivity contribution is 5.94. The Hall–Kier alpha value is -2.94. The number of hydrogen-bond acceptors (Lipinski definition) is 6. The topological polar surface area (TPSA) is 116 Å². The van der Waals surface area contributed by atoms with Gasteiger partial charge >= 0.3 is 5.97 Å². The Labute approximate surface area is 163 Å². The van der Waals surface area contributed by atoms with Crippen molar-refractivity contribution >= 4 is 11.9 Å². The van der Waals surface area contributed by atoms with Gasteiger partial charge in [0.2, 0.25) is 0 Å². The molecule has 0 aliphatic carbocycles. The van der Waals surface area contributed by atoms with Crippen molar-refractivity contribution in [2.75, 3.05) is 13.7 Å². The monoisotopic (exact) mass is 390 g/mol. The molecule has 2 aromatic rings. The predicted octanol–water partition coefficient (Wildman–Crippen LogP) is 1.97. The molecule has 0 fully saturated rings. The van der Waals surface area contributed by atoms with E-state index < -0.39 is 17.4 Å². The number of nitrogens with zero attached hydrogens (tertiary/aromatic N) is 3. The normalized spacial score (nSPS) is 13.2. The third-order valence-corrected chi connectivity index (χ3v) is 3.98. The lowest BCUT2D eigenvalue weighted by Crippen LogP contribution is -2.51. The van der Waals surface area contributed by atoms with E-state index in [4.69, 9.17) is 14.6 Å². The van der Waals surface area contributed by atoms with Gasteiger partial charge in [-0.05, 0) is 52.0 Å². The van der Waals surface area contributed by atoms with Crippen LogP contribution in [0.3, 0.4) is 0 Å². The summed E-state index contributed by atoms with van der Waals surface area (Å²) in [4.78, 5) is 23.8. The van der Waals surface area contributed by atoms with Crippen molar-refractivity contribution in [2.24, 2.45) is 0 Å². The zero-order chi connectivity index (χ0) is 20.9. The van der Waals surface area contributed by atoms with Crippen LogP contribution >= 0.6 is 0 Å². The zero-order valence-electron chi connectivity index (χ0n) is 16.7. The number of carboxylic acid groups (broad SMARTS) is 1. The summed E-state index contributed by atoms with van der Waals surface area (Å²) < 4.78 is 12.2. The smallest absolute Gasteiger partial charge is 0.305 e. The fourth-order valence-electron chi connectivity index (χ4n) is 2.84. The molecule has 1 unspecified atom stereocenters. The number of aliphatic carboxylic acids is 1. The summed E-state index contributed by atoms with van der Waals surface area (Å²) in [6.07, 6.45) is -0.210. The van der Waals surface area contributed by atoms with Crippen molar-refractivity contribution in [3.05, 3.63) is 35.7 Å². The molecule has 2 N–H and O–H groups in total. The van der Waals surface area contributed by atoms with E-state index in [1.807, 2.05) is 38.1 Å². The summed E-state index contributed by atoms with van der Waals surface area (Å²) in [5, 5.41) is 19.8. The third kappa shape index (κ3) is 5.29. The first-order chi connectivity index (χ1) is 13.1. The minimum atomic E-state index is -1.07. The van der Waals surface area contributed by atoms with Gasteiger partial charge in [0, 0.05) is 7.11 Å². The Morgan fingerprint density at radius 3 is 2.46 bits per heavy atom. The molecule has 1 aromatic heterocycles. The minimum absolute atomic E-state index is 0.0511. The van der Waals surface area contributed by atoms with Crippen LogP contribution in [0.2, 0.25) is 0 Å². The second-order valence-electron chi connectivity index (χ2n) is 7.11. The van der Waals surface area contributed by atoms with E-state index in [1.165, 1.54) is 7.11 Å². The summed E-state index contributed by atoms with van der Waals surface area (Å²) in [5.41, 5.74) is 0.315. The maximum absolute atomic E-state index is 12.7. The van der Waals surface area contributed by atoms with Crippen molar-refractivity contribution in [3.63, 3.8) is 0 Å². The number of ether oxygens (including phenoxy) is 2. The van der Waals surface area contributed by atoms with Crippen molar-refractivity contribution in [2.45, 2.75) is 45.8 Å². The lowest BCUT2D eigenvalue weighted by atomic mass is 9.98. The number of benzene rings is 1. The maximum atomic E-state index is 12.7. The third-order valence-electron chi connectivity index (χ3n) is 3.98. The molecule has 28 heavy (non-hydrogen) atoms.